The van der Waals surface area contributed by atoms with Crippen molar-refractivity contribution < 1.29 is 14.7 Å². The lowest BCUT2D eigenvalue weighted by Crippen LogP contribution is -2.59. The van der Waals surface area contributed by atoms with E-state index < -0.39 is 11.5 Å². The molecule has 108 valence electrons. The summed E-state index contributed by atoms with van der Waals surface area (Å²) < 4.78 is 0. The van der Waals surface area contributed by atoms with Crippen LogP contribution in [0.25, 0.3) is 0 Å². The quantitative estimate of drug-likeness (QED) is 0.828. The fraction of sp³-hybridized carbons (Fsp3) is 0.846. The van der Waals surface area contributed by atoms with Gasteiger partial charge in [-0.15, -0.1) is 0 Å². The minimum atomic E-state index is -0.833. The Morgan fingerprint density at radius 3 is 2.74 bits per heavy atom. The number of rotatable bonds is 4. The van der Waals surface area contributed by atoms with Crippen molar-refractivity contribution in [3.8, 4) is 0 Å². The molecule has 0 aromatic rings. The van der Waals surface area contributed by atoms with Crippen molar-refractivity contribution in [3.05, 3.63) is 0 Å². The number of hydrogen-bond donors (Lipinski definition) is 2. The van der Waals surface area contributed by atoms with E-state index in [0.29, 0.717) is 5.25 Å². The number of nitrogens with zero attached hydrogens (tertiary/aromatic N) is 1. The topological polar surface area (TPSA) is 69.6 Å². The molecule has 2 aliphatic rings. The van der Waals surface area contributed by atoms with Crippen LogP contribution < -0.4 is 5.32 Å². The van der Waals surface area contributed by atoms with Gasteiger partial charge in [0.2, 0.25) is 0 Å². The molecule has 5 nitrogen and oxygen atoms in total. The Balaban J connectivity index is 1.90. The van der Waals surface area contributed by atoms with Gasteiger partial charge in [-0.1, -0.05) is 6.92 Å². The Hall–Kier alpha value is -0.910. The number of urea groups is 1. The number of aliphatic carboxylic acids is 1. The summed E-state index contributed by atoms with van der Waals surface area (Å²) in [5, 5.41) is 12.4. The highest BCUT2D eigenvalue weighted by molar-refractivity contribution is 8.00. The lowest BCUT2D eigenvalue weighted by Gasteiger charge is -2.43. The van der Waals surface area contributed by atoms with E-state index in [-0.39, 0.29) is 12.5 Å². The number of hydrogen-bond acceptors (Lipinski definition) is 3. The molecule has 19 heavy (non-hydrogen) atoms. The molecule has 1 unspecified atom stereocenters. The largest absolute Gasteiger partial charge is 0.481 e. The normalized spacial score (nSPS) is 25.5. The first-order valence-electron chi connectivity index (χ1n) is 6.95. The van der Waals surface area contributed by atoms with Gasteiger partial charge in [0.25, 0.3) is 0 Å². The van der Waals surface area contributed by atoms with Gasteiger partial charge in [-0.25, -0.2) is 4.79 Å². The Kier molecular flexibility index (Phi) is 4.60. The van der Waals surface area contributed by atoms with E-state index in [1.165, 1.54) is 0 Å². The average molecular weight is 286 g/mol. The van der Waals surface area contributed by atoms with Gasteiger partial charge in [-0.2, -0.15) is 11.8 Å². The van der Waals surface area contributed by atoms with Crippen LogP contribution in [0.4, 0.5) is 4.79 Å². The summed E-state index contributed by atoms with van der Waals surface area (Å²) >= 11 is 1.92. The van der Waals surface area contributed by atoms with Gasteiger partial charge in [0.15, 0.2) is 0 Å². The lowest BCUT2D eigenvalue weighted by molar-refractivity contribution is -0.139. The Bertz CT molecular complexity index is 358. The predicted molar refractivity (Wildman–Crippen MR) is 75.5 cm³/mol. The lowest BCUT2D eigenvalue weighted by atomic mass is 9.74. The molecule has 0 bridgehead atoms. The van der Waals surface area contributed by atoms with E-state index in [0.717, 1.165) is 44.5 Å². The molecule has 1 heterocycles. The SMILES string of the molecule is CCC1CN(C(=O)NC2(CC(=O)O)CCC2)CCS1. The van der Waals surface area contributed by atoms with Crippen LogP contribution in [0.2, 0.25) is 0 Å². The van der Waals surface area contributed by atoms with Crippen LogP contribution in [-0.4, -0.2) is 51.6 Å². The van der Waals surface area contributed by atoms with Crippen molar-refractivity contribution in [3.63, 3.8) is 0 Å². The molecule has 1 atom stereocenters. The van der Waals surface area contributed by atoms with Crippen molar-refractivity contribution >= 4 is 23.8 Å². The van der Waals surface area contributed by atoms with Crippen LogP contribution in [0.1, 0.15) is 39.0 Å². The average Bonchev–Trinajstić information content (AvgIpc) is 2.35. The van der Waals surface area contributed by atoms with E-state index in [2.05, 4.69) is 12.2 Å². The van der Waals surface area contributed by atoms with Gasteiger partial charge in [-0.3, -0.25) is 4.79 Å². The monoisotopic (exact) mass is 286 g/mol. The number of carbonyl (C=O) groups is 2. The van der Waals surface area contributed by atoms with E-state index in [1.807, 2.05) is 16.7 Å². The summed E-state index contributed by atoms with van der Waals surface area (Å²) in [5.41, 5.74) is -0.491. The van der Waals surface area contributed by atoms with Crippen LogP contribution in [-0.2, 0) is 4.79 Å². The second kappa shape index (κ2) is 6.03. The molecular weight excluding hydrogens is 264 g/mol. The zero-order valence-electron chi connectivity index (χ0n) is 11.4. The smallest absolute Gasteiger partial charge is 0.317 e. The highest BCUT2D eigenvalue weighted by Gasteiger charge is 2.41. The molecule has 1 aliphatic carbocycles. The van der Waals surface area contributed by atoms with Crippen molar-refractivity contribution in [1.29, 1.82) is 0 Å². The Labute approximate surface area is 118 Å². The van der Waals surface area contributed by atoms with Crippen LogP contribution in [0.15, 0.2) is 0 Å². The molecular formula is C13H22N2O3S. The van der Waals surface area contributed by atoms with Gasteiger partial charge in [0.1, 0.15) is 0 Å². The molecule has 1 saturated carbocycles. The molecule has 1 aliphatic heterocycles. The third-order valence-corrected chi connectivity index (χ3v) is 5.43. The minimum Gasteiger partial charge on any atom is -0.481 e. The van der Waals surface area contributed by atoms with Crippen molar-refractivity contribution in [1.82, 2.24) is 10.2 Å². The second-order valence-electron chi connectivity index (χ2n) is 5.48. The Morgan fingerprint density at radius 1 is 1.47 bits per heavy atom. The van der Waals surface area contributed by atoms with Crippen LogP contribution in [0, 0.1) is 0 Å². The summed E-state index contributed by atoms with van der Waals surface area (Å²) in [4.78, 5) is 25.0. The van der Waals surface area contributed by atoms with Gasteiger partial charge >= 0.3 is 12.0 Å². The standard InChI is InChI=1S/C13H22N2O3S/c1-2-10-9-15(6-7-19-10)12(18)14-13(4-3-5-13)8-11(16)17/h10H,2-9H2,1H3,(H,14,18)(H,16,17). The molecule has 2 amide bonds. The number of nitrogens with one attached hydrogen (secondary N) is 1. The van der Waals surface area contributed by atoms with E-state index in [9.17, 15) is 9.59 Å². The van der Waals surface area contributed by atoms with E-state index >= 15 is 0 Å². The fourth-order valence-electron chi connectivity index (χ4n) is 2.70. The first-order valence-corrected chi connectivity index (χ1v) is 8.00. The second-order valence-corrected chi connectivity index (χ2v) is 6.89. The fourth-order valence-corrected chi connectivity index (χ4v) is 3.88. The third kappa shape index (κ3) is 3.55. The maximum Gasteiger partial charge on any atom is 0.317 e. The number of carboxylic acid groups (broad SMARTS) is 1. The van der Waals surface area contributed by atoms with Gasteiger partial charge in [0.05, 0.1) is 12.0 Å². The Morgan fingerprint density at radius 2 is 2.21 bits per heavy atom. The highest BCUT2D eigenvalue weighted by atomic mass is 32.2. The van der Waals surface area contributed by atoms with Crippen LogP contribution in [0.5, 0.6) is 0 Å². The summed E-state index contributed by atoms with van der Waals surface area (Å²) in [7, 11) is 0. The highest BCUT2D eigenvalue weighted by Crippen LogP contribution is 2.35. The van der Waals surface area contributed by atoms with Crippen LogP contribution >= 0.6 is 11.8 Å². The third-order valence-electron chi connectivity index (χ3n) is 4.05. The molecule has 0 spiro atoms. The van der Waals surface area contributed by atoms with E-state index in [4.69, 9.17) is 5.11 Å². The zero-order chi connectivity index (χ0) is 13.9. The molecule has 0 radical (unpaired) electrons. The molecule has 1 saturated heterocycles. The summed E-state index contributed by atoms with van der Waals surface area (Å²) in [6.07, 6.45) is 3.67. The first-order chi connectivity index (χ1) is 9.04. The van der Waals surface area contributed by atoms with Gasteiger partial charge in [-0.05, 0) is 25.7 Å². The van der Waals surface area contributed by atoms with Crippen molar-refractivity contribution in [2.24, 2.45) is 0 Å². The zero-order valence-corrected chi connectivity index (χ0v) is 12.2. The predicted octanol–water partition coefficient (Wildman–Crippen LogP) is 1.92. The number of carboxylic acids is 1. The molecule has 2 fully saturated rings. The molecule has 2 rings (SSSR count). The summed E-state index contributed by atoms with van der Waals surface area (Å²) in [5.74, 6) is 0.137. The van der Waals surface area contributed by atoms with E-state index in [1.54, 1.807) is 0 Å². The number of thioether (sulfide) groups is 1. The molecule has 6 heteroatoms. The number of amides is 2. The maximum absolute atomic E-state index is 12.3. The van der Waals surface area contributed by atoms with Crippen LogP contribution in [0.3, 0.4) is 0 Å². The van der Waals surface area contributed by atoms with Crippen molar-refractivity contribution in [2.45, 2.75) is 49.8 Å². The molecule has 0 aromatic carbocycles. The minimum absolute atomic E-state index is 0.0402. The summed E-state index contributed by atoms with van der Waals surface area (Å²) in [6.45, 7) is 3.67. The maximum atomic E-state index is 12.3. The van der Waals surface area contributed by atoms with Gasteiger partial charge in [0, 0.05) is 24.1 Å². The first kappa shape index (κ1) is 14.5. The molecule has 0 aromatic heterocycles. The van der Waals surface area contributed by atoms with Gasteiger partial charge < -0.3 is 15.3 Å². The summed E-state index contributed by atoms with van der Waals surface area (Å²) in [6, 6.07) is -0.0836. The number of carbonyl (C=O) groups excluding carboxylic acids is 1. The van der Waals surface area contributed by atoms with Crippen molar-refractivity contribution in [2.75, 3.05) is 18.8 Å². The molecule has 2 N–H and O–H groups in total.